The smallest absolute Gasteiger partial charge is 0.220 e. The molecule has 1 aromatic heterocycles. The van der Waals surface area contributed by atoms with Crippen LogP contribution < -0.4 is 19.5 Å². The van der Waals surface area contributed by atoms with Crippen molar-refractivity contribution in [2.45, 2.75) is 25.4 Å². The van der Waals surface area contributed by atoms with Crippen molar-refractivity contribution < 1.29 is 23.4 Å². The lowest BCUT2D eigenvalue weighted by Crippen LogP contribution is -2.34. The number of ether oxygens (including phenoxy) is 3. The SMILES string of the molecule is COc1ccc(CCC(=O)NC[C@H]2Cc3cc(F)cc(-c4cnccn4)c3O2)cc1OC. The van der Waals surface area contributed by atoms with Crippen LogP contribution in [-0.4, -0.2) is 42.7 Å². The number of amides is 1. The third-order valence-electron chi connectivity index (χ3n) is 5.32. The third kappa shape index (κ3) is 4.80. The van der Waals surface area contributed by atoms with Crippen LogP contribution in [0.4, 0.5) is 4.39 Å². The number of rotatable bonds is 8. The number of halogens is 1. The molecule has 2 aromatic carbocycles. The molecule has 0 aliphatic carbocycles. The number of nitrogens with one attached hydrogen (secondary N) is 1. The van der Waals surface area contributed by atoms with Gasteiger partial charge >= 0.3 is 0 Å². The van der Waals surface area contributed by atoms with E-state index in [1.54, 1.807) is 32.8 Å². The molecule has 166 valence electrons. The van der Waals surface area contributed by atoms with Gasteiger partial charge in [0, 0.05) is 36.4 Å². The highest BCUT2D eigenvalue weighted by Crippen LogP contribution is 2.38. The standard InChI is InChI=1S/C24H24FN3O4/c1-30-21-5-3-15(9-22(21)31-2)4-6-23(29)28-13-18-11-16-10-17(25)12-19(24(16)32-18)20-14-26-7-8-27-20/h3,5,7-10,12,14,18H,4,6,11,13H2,1-2H3,(H,28,29)/t18-/m1/s1. The summed E-state index contributed by atoms with van der Waals surface area (Å²) in [6.07, 6.45) is 5.82. The molecule has 3 aromatic rings. The molecule has 1 atom stereocenters. The van der Waals surface area contributed by atoms with Crippen molar-refractivity contribution in [2.75, 3.05) is 20.8 Å². The van der Waals surface area contributed by atoms with Gasteiger partial charge in [-0.25, -0.2) is 4.39 Å². The van der Waals surface area contributed by atoms with E-state index in [0.717, 1.165) is 11.1 Å². The maximum absolute atomic E-state index is 14.1. The Balaban J connectivity index is 1.33. The van der Waals surface area contributed by atoms with Gasteiger partial charge in [0.1, 0.15) is 17.7 Å². The lowest BCUT2D eigenvalue weighted by atomic mass is 10.0. The van der Waals surface area contributed by atoms with Crippen molar-refractivity contribution >= 4 is 5.91 Å². The van der Waals surface area contributed by atoms with Crippen molar-refractivity contribution in [3.8, 4) is 28.5 Å². The lowest BCUT2D eigenvalue weighted by Gasteiger charge is -2.14. The highest BCUT2D eigenvalue weighted by Gasteiger charge is 2.27. The summed E-state index contributed by atoms with van der Waals surface area (Å²) in [6.45, 7) is 0.334. The van der Waals surface area contributed by atoms with E-state index < -0.39 is 0 Å². The van der Waals surface area contributed by atoms with Crippen molar-refractivity contribution in [3.05, 3.63) is 65.9 Å². The first-order valence-corrected chi connectivity index (χ1v) is 10.3. The normalized spacial score (nSPS) is 14.4. The fourth-order valence-electron chi connectivity index (χ4n) is 3.75. The molecule has 0 fully saturated rings. The first-order valence-electron chi connectivity index (χ1n) is 10.3. The molecule has 1 N–H and O–H groups in total. The quantitative estimate of drug-likeness (QED) is 0.582. The van der Waals surface area contributed by atoms with Crippen LogP contribution in [-0.2, 0) is 17.6 Å². The largest absolute Gasteiger partial charge is 0.493 e. The van der Waals surface area contributed by atoms with Gasteiger partial charge in [0.25, 0.3) is 0 Å². The number of benzene rings is 2. The van der Waals surface area contributed by atoms with E-state index in [4.69, 9.17) is 14.2 Å². The average Bonchev–Trinajstić information content (AvgIpc) is 3.23. The summed E-state index contributed by atoms with van der Waals surface area (Å²) >= 11 is 0. The molecular weight excluding hydrogens is 413 g/mol. The third-order valence-corrected chi connectivity index (χ3v) is 5.32. The molecule has 1 aliphatic rings. The maximum atomic E-state index is 14.1. The van der Waals surface area contributed by atoms with Gasteiger partial charge in [0.05, 0.1) is 32.7 Å². The summed E-state index contributed by atoms with van der Waals surface area (Å²) in [6, 6.07) is 8.46. The molecule has 4 rings (SSSR count). The Bertz CT molecular complexity index is 1110. The van der Waals surface area contributed by atoms with Crippen LogP contribution in [0, 0.1) is 5.82 Å². The second-order valence-corrected chi connectivity index (χ2v) is 7.47. The summed E-state index contributed by atoms with van der Waals surface area (Å²) < 4.78 is 30.7. The lowest BCUT2D eigenvalue weighted by molar-refractivity contribution is -0.121. The zero-order chi connectivity index (χ0) is 22.5. The minimum Gasteiger partial charge on any atom is -0.493 e. The topological polar surface area (TPSA) is 82.6 Å². The van der Waals surface area contributed by atoms with Crippen LogP contribution in [0.15, 0.2) is 48.9 Å². The second kappa shape index (κ2) is 9.64. The number of carbonyl (C=O) groups is 1. The highest BCUT2D eigenvalue weighted by molar-refractivity contribution is 5.76. The van der Waals surface area contributed by atoms with E-state index in [9.17, 15) is 9.18 Å². The van der Waals surface area contributed by atoms with Gasteiger partial charge in [0.2, 0.25) is 5.91 Å². The van der Waals surface area contributed by atoms with Crippen molar-refractivity contribution in [1.82, 2.24) is 15.3 Å². The van der Waals surface area contributed by atoms with E-state index in [-0.39, 0.29) is 17.8 Å². The van der Waals surface area contributed by atoms with Gasteiger partial charge in [-0.2, -0.15) is 0 Å². The van der Waals surface area contributed by atoms with Gasteiger partial charge in [-0.15, -0.1) is 0 Å². The zero-order valence-corrected chi connectivity index (χ0v) is 17.9. The Morgan fingerprint density at radius 2 is 2.03 bits per heavy atom. The summed E-state index contributed by atoms with van der Waals surface area (Å²) in [5.41, 5.74) is 2.85. The average molecular weight is 437 g/mol. The number of hydrogen-bond donors (Lipinski definition) is 1. The molecule has 8 heteroatoms. The summed E-state index contributed by atoms with van der Waals surface area (Å²) in [7, 11) is 3.16. The number of fused-ring (bicyclic) bond motifs is 1. The first kappa shape index (κ1) is 21.5. The van der Waals surface area contributed by atoms with E-state index >= 15 is 0 Å². The second-order valence-electron chi connectivity index (χ2n) is 7.47. The highest BCUT2D eigenvalue weighted by atomic mass is 19.1. The molecule has 7 nitrogen and oxygen atoms in total. The van der Waals surface area contributed by atoms with Gasteiger partial charge in [-0.3, -0.25) is 14.8 Å². The predicted octanol–water partition coefficient (Wildman–Crippen LogP) is 3.35. The van der Waals surface area contributed by atoms with Crippen molar-refractivity contribution in [3.63, 3.8) is 0 Å². The maximum Gasteiger partial charge on any atom is 0.220 e. The molecule has 1 aliphatic heterocycles. The van der Waals surface area contributed by atoms with E-state index in [2.05, 4.69) is 15.3 Å². The Morgan fingerprint density at radius 3 is 2.78 bits per heavy atom. The summed E-state index contributed by atoms with van der Waals surface area (Å²) in [5.74, 6) is 1.44. The summed E-state index contributed by atoms with van der Waals surface area (Å²) in [5, 5.41) is 2.91. The molecule has 1 amide bonds. The Hall–Kier alpha value is -3.68. The van der Waals surface area contributed by atoms with Crippen LogP contribution >= 0.6 is 0 Å². The number of aromatic nitrogens is 2. The summed E-state index contributed by atoms with van der Waals surface area (Å²) in [4.78, 5) is 20.7. The van der Waals surface area contributed by atoms with Crippen molar-refractivity contribution in [1.29, 1.82) is 0 Å². The van der Waals surface area contributed by atoms with Crippen LogP contribution in [0.1, 0.15) is 17.5 Å². The molecule has 2 heterocycles. The van der Waals surface area contributed by atoms with Crippen LogP contribution in [0.5, 0.6) is 17.2 Å². The minimum absolute atomic E-state index is 0.0836. The molecule has 0 saturated heterocycles. The molecular formula is C24H24FN3O4. The molecule has 0 bridgehead atoms. The van der Waals surface area contributed by atoms with E-state index in [1.165, 1.54) is 12.1 Å². The Kier molecular flexibility index (Phi) is 6.49. The Labute approximate surface area is 185 Å². The fraction of sp³-hybridized carbons (Fsp3) is 0.292. The number of hydrogen-bond acceptors (Lipinski definition) is 6. The molecule has 0 radical (unpaired) electrons. The molecule has 32 heavy (non-hydrogen) atoms. The van der Waals surface area contributed by atoms with E-state index in [0.29, 0.717) is 54.3 Å². The number of methoxy groups -OCH3 is 2. The predicted molar refractivity (Wildman–Crippen MR) is 116 cm³/mol. The van der Waals surface area contributed by atoms with Gasteiger partial charge in [-0.05, 0) is 36.2 Å². The zero-order valence-electron chi connectivity index (χ0n) is 17.9. The van der Waals surface area contributed by atoms with E-state index in [1.807, 2.05) is 18.2 Å². The first-order chi connectivity index (χ1) is 15.6. The van der Waals surface area contributed by atoms with Crippen LogP contribution in [0.3, 0.4) is 0 Å². The van der Waals surface area contributed by atoms with Gasteiger partial charge in [-0.1, -0.05) is 6.07 Å². The van der Waals surface area contributed by atoms with Crippen molar-refractivity contribution in [2.24, 2.45) is 0 Å². The fourth-order valence-corrected chi connectivity index (χ4v) is 3.75. The van der Waals surface area contributed by atoms with Gasteiger partial charge in [0.15, 0.2) is 11.5 Å². The number of carbonyl (C=O) groups excluding carboxylic acids is 1. The molecule has 0 spiro atoms. The minimum atomic E-state index is -0.354. The van der Waals surface area contributed by atoms with Crippen LogP contribution in [0.25, 0.3) is 11.3 Å². The Morgan fingerprint density at radius 1 is 1.19 bits per heavy atom. The van der Waals surface area contributed by atoms with Crippen LogP contribution in [0.2, 0.25) is 0 Å². The molecule has 0 unspecified atom stereocenters. The number of aryl methyl sites for hydroxylation is 1. The number of nitrogens with zero attached hydrogens (tertiary/aromatic N) is 2. The monoisotopic (exact) mass is 437 g/mol. The van der Waals surface area contributed by atoms with Gasteiger partial charge < -0.3 is 19.5 Å². The molecule has 0 saturated carbocycles.